The fourth-order valence-corrected chi connectivity index (χ4v) is 4.39. The van der Waals surface area contributed by atoms with Gasteiger partial charge in [-0.05, 0) is 43.7 Å². The molecule has 1 aliphatic rings. The van der Waals surface area contributed by atoms with Crippen LogP contribution in [0.3, 0.4) is 0 Å². The lowest BCUT2D eigenvalue weighted by Gasteiger charge is -2.15. The molecule has 0 spiro atoms. The molecule has 2 N–H and O–H groups in total. The van der Waals surface area contributed by atoms with Crippen molar-refractivity contribution < 1.29 is 22.5 Å². The van der Waals surface area contributed by atoms with Crippen LogP contribution in [0.1, 0.15) is 16.8 Å². The van der Waals surface area contributed by atoms with Gasteiger partial charge >= 0.3 is 0 Å². The number of carbonyl (C=O) groups excluding carboxylic acids is 2. The van der Waals surface area contributed by atoms with Gasteiger partial charge in [0.1, 0.15) is 10.7 Å². The monoisotopic (exact) mass is 486 g/mol. The van der Waals surface area contributed by atoms with Gasteiger partial charge in [0.25, 0.3) is 21.8 Å². The number of rotatable bonds is 7. The zero-order chi connectivity index (χ0) is 23.8. The van der Waals surface area contributed by atoms with E-state index in [-0.39, 0.29) is 28.1 Å². The van der Waals surface area contributed by atoms with Gasteiger partial charge in [-0.1, -0.05) is 47.1 Å². The number of halogens is 1. The van der Waals surface area contributed by atoms with Gasteiger partial charge in [-0.15, -0.1) is 0 Å². The minimum absolute atomic E-state index is 0.0268. The molecule has 0 bridgehead atoms. The van der Waals surface area contributed by atoms with Gasteiger partial charge in [-0.25, -0.2) is 13.1 Å². The Hall–Kier alpha value is -3.63. The first-order chi connectivity index (χ1) is 15.7. The Morgan fingerprint density at radius 1 is 1.00 bits per heavy atom. The smallest absolute Gasteiger partial charge is 0.279 e. The van der Waals surface area contributed by atoms with Crippen molar-refractivity contribution in [3.63, 3.8) is 0 Å². The van der Waals surface area contributed by atoms with Crippen molar-refractivity contribution in [1.29, 1.82) is 0 Å². The number of amides is 2. The molecule has 0 aliphatic carbocycles. The lowest BCUT2D eigenvalue weighted by atomic mass is 10.2. The third-order valence-electron chi connectivity index (χ3n) is 5.11. The highest BCUT2D eigenvalue weighted by Crippen LogP contribution is 2.28. The average molecular weight is 487 g/mol. The highest BCUT2D eigenvalue weighted by molar-refractivity contribution is 7.92. The lowest BCUT2D eigenvalue weighted by molar-refractivity contribution is -0.138. The van der Waals surface area contributed by atoms with Crippen LogP contribution in [0.2, 0.25) is 0 Å². The van der Waals surface area contributed by atoms with Gasteiger partial charge < -0.3 is 9.84 Å². The number of nitrogens with one attached hydrogen (secondary N) is 2. The van der Waals surface area contributed by atoms with Gasteiger partial charge in [-0.2, -0.15) is 0 Å². The summed E-state index contributed by atoms with van der Waals surface area (Å²) in [5, 5.41) is 6.31. The quantitative estimate of drug-likeness (QED) is 0.490. The summed E-state index contributed by atoms with van der Waals surface area (Å²) in [5.41, 5.74) is 2.26. The van der Waals surface area contributed by atoms with E-state index in [2.05, 4.69) is 15.2 Å². The molecule has 0 fully saturated rings. The van der Waals surface area contributed by atoms with E-state index in [1.54, 1.807) is 26.0 Å². The second-order valence-electron chi connectivity index (χ2n) is 7.35. The Bertz CT molecular complexity index is 1370. The number of hydrogen-bond acceptors (Lipinski definition) is 7. The van der Waals surface area contributed by atoms with E-state index in [0.717, 1.165) is 10.5 Å². The number of carbonyl (C=O) groups is 2. The molecule has 0 atom stereocenters. The maximum absolute atomic E-state index is 12.8. The third-order valence-corrected chi connectivity index (χ3v) is 6.81. The SMILES string of the molecule is Cc1noc(NS(=O)(=O)c2ccc(NC3=C(Cl)C(=O)N(Cc4ccccc4)C3=O)cc2)c1C. The minimum atomic E-state index is -3.92. The number of nitrogens with zero attached hydrogens (tertiary/aromatic N) is 2. The van der Waals surface area contributed by atoms with E-state index >= 15 is 0 Å². The van der Waals surface area contributed by atoms with Crippen LogP contribution in [0.25, 0.3) is 0 Å². The van der Waals surface area contributed by atoms with E-state index in [0.29, 0.717) is 16.9 Å². The molecule has 1 aromatic heterocycles. The molecule has 2 heterocycles. The molecule has 0 saturated carbocycles. The van der Waals surface area contributed by atoms with Crippen LogP contribution in [-0.4, -0.2) is 30.3 Å². The van der Waals surface area contributed by atoms with E-state index in [4.69, 9.17) is 16.1 Å². The molecule has 0 saturated heterocycles. The standard InChI is InChI=1S/C22H19ClN4O5S/c1-13-14(2)25-32-20(13)26-33(30,31)17-10-8-16(9-11-17)24-19-18(23)21(28)27(22(19)29)12-15-6-4-3-5-7-15/h3-11,24,26H,12H2,1-2H3. The minimum Gasteiger partial charge on any atom is -0.350 e. The normalized spacial score (nSPS) is 14.2. The zero-order valence-electron chi connectivity index (χ0n) is 17.6. The fourth-order valence-electron chi connectivity index (χ4n) is 3.12. The average Bonchev–Trinajstić information content (AvgIpc) is 3.21. The highest BCUT2D eigenvalue weighted by atomic mass is 35.5. The van der Waals surface area contributed by atoms with Crippen molar-refractivity contribution in [2.45, 2.75) is 25.3 Å². The molecule has 11 heteroatoms. The molecule has 9 nitrogen and oxygen atoms in total. The predicted octanol–water partition coefficient (Wildman–Crippen LogP) is 3.52. The second kappa shape index (κ2) is 8.72. The van der Waals surface area contributed by atoms with Crippen molar-refractivity contribution >= 4 is 45.0 Å². The largest absolute Gasteiger partial charge is 0.350 e. The molecule has 0 unspecified atom stereocenters. The molecule has 1 aliphatic heterocycles. The van der Waals surface area contributed by atoms with Gasteiger partial charge in [0, 0.05) is 11.3 Å². The summed E-state index contributed by atoms with van der Waals surface area (Å²) in [4.78, 5) is 26.3. The Morgan fingerprint density at radius 3 is 2.27 bits per heavy atom. The van der Waals surface area contributed by atoms with Gasteiger partial charge in [0.15, 0.2) is 0 Å². The summed E-state index contributed by atoms with van der Waals surface area (Å²) in [6.45, 7) is 3.48. The van der Waals surface area contributed by atoms with Crippen molar-refractivity contribution in [3.8, 4) is 0 Å². The van der Waals surface area contributed by atoms with Crippen LogP contribution < -0.4 is 10.0 Å². The van der Waals surface area contributed by atoms with Crippen LogP contribution in [0.5, 0.6) is 0 Å². The Labute approximate surface area is 195 Å². The molecule has 170 valence electrons. The van der Waals surface area contributed by atoms with Crippen LogP contribution >= 0.6 is 11.6 Å². The van der Waals surface area contributed by atoms with Gasteiger partial charge in [0.05, 0.1) is 17.1 Å². The molecule has 4 rings (SSSR count). The van der Waals surface area contributed by atoms with Crippen LogP contribution in [0.15, 0.2) is 74.7 Å². The van der Waals surface area contributed by atoms with Crippen LogP contribution in [-0.2, 0) is 26.2 Å². The van der Waals surface area contributed by atoms with E-state index in [1.165, 1.54) is 24.3 Å². The molecular formula is C22H19ClN4O5S. The topological polar surface area (TPSA) is 122 Å². The summed E-state index contributed by atoms with van der Waals surface area (Å²) >= 11 is 6.13. The maximum atomic E-state index is 12.8. The first-order valence-electron chi connectivity index (χ1n) is 9.80. The second-order valence-corrected chi connectivity index (χ2v) is 9.41. The number of anilines is 2. The fraction of sp³-hybridized carbons (Fsp3) is 0.136. The summed E-state index contributed by atoms with van der Waals surface area (Å²) in [7, 11) is -3.92. The van der Waals surface area contributed by atoms with E-state index in [1.807, 2.05) is 18.2 Å². The van der Waals surface area contributed by atoms with E-state index < -0.39 is 21.8 Å². The maximum Gasteiger partial charge on any atom is 0.279 e. The molecule has 0 radical (unpaired) electrons. The van der Waals surface area contributed by atoms with Gasteiger partial charge in [-0.3, -0.25) is 14.5 Å². The number of imide groups is 1. The predicted molar refractivity (Wildman–Crippen MR) is 122 cm³/mol. The summed E-state index contributed by atoms with van der Waals surface area (Å²) in [6.07, 6.45) is 0. The Balaban J connectivity index is 1.49. The highest BCUT2D eigenvalue weighted by Gasteiger charge is 2.37. The van der Waals surface area contributed by atoms with E-state index in [9.17, 15) is 18.0 Å². The molecular weight excluding hydrogens is 468 g/mol. The van der Waals surface area contributed by atoms with Crippen LogP contribution in [0.4, 0.5) is 11.6 Å². The Morgan fingerprint density at radius 2 is 1.67 bits per heavy atom. The first kappa shape index (κ1) is 22.6. The first-order valence-corrected chi connectivity index (χ1v) is 11.7. The third kappa shape index (κ3) is 4.48. The van der Waals surface area contributed by atoms with Crippen LogP contribution in [0, 0.1) is 13.8 Å². The zero-order valence-corrected chi connectivity index (χ0v) is 19.2. The molecule has 3 aromatic rings. The number of benzene rings is 2. The van der Waals surface area contributed by atoms with Crippen molar-refractivity contribution in [2.75, 3.05) is 10.0 Å². The number of aromatic nitrogens is 1. The molecule has 33 heavy (non-hydrogen) atoms. The summed E-state index contributed by atoms with van der Waals surface area (Å²) in [6, 6.07) is 14.7. The Kier molecular flexibility index (Phi) is 5.96. The van der Waals surface area contributed by atoms with Gasteiger partial charge in [0.2, 0.25) is 5.88 Å². The molecule has 2 amide bonds. The summed E-state index contributed by atoms with van der Waals surface area (Å²) in [5.74, 6) is -1.13. The lowest BCUT2D eigenvalue weighted by Crippen LogP contribution is -2.31. The number of sulfonamides is 1. The number of aryl methyl sites for hydroxylation is 1. The summed E-state index contributed by atoms with van der Waals surface area (Å²) < 4.78 is 32.6. The van der Waals surface area contributed by atoms with Crippen molar-refractivity contribution in [3.05, 3.63) is 82.1 Å². The molecule has 2 aromatic carbocycles. The van der Waals surface area contributed by atoms with Crippen molar-refractivity contribution in [1.82, 2.24) is 10.1 Å². The number of hydrogen-bond donors (Lipinski definition) is 2. The van der Waals surface area contributed by atoms with Crippen molar-refractivity contribution in [2.24, 2.45) is 0 Å².